The van der Waals surface area contributed by atoms with Gasteiger partial charge in [-0.05, 0) is 32.0 Å². The van der Waals surface area contributed by atoms with E-state index in [4.69, 9.17) is 5.73 Å². The van der Waals surface area contributed by atoms with E-state index in [1.807, 2.05) is 31.3 Å². The average Bonchev–Trinajstić information content (AvgIpc) is 2.89. The van der Waals surface area contributed by atoms with Crippen molar-refractivity contribution in [2.24, 2.45) is 0 Å². The predicted molar refractivity (Wildman–Crippen MR) is 85.0 cm³/mol. The van der Waals surface area contributed by atoms with Crippen molar-refractivity contribution in [2.45, 2.75) is 19.9 Å². The summed E-state index contributed by atoms with van der Waals surface area (Å²) >= 11 is 1.67. The van der Waals surface area contributed by atoms with Crippen LogP contribution in [-0.2, 0) is 0 Å². The smallest absolute Gasteiger partial charge is 0.115 e. The number of anilines is 2. The molecule has 0 aliphatic rings. The minimum Gasteiger partial charge on any atom is -0.398 e. The molecule has 20 heavy (non-hydrogen) atoms. The molecule has 0 aliphatic heterocycles. The maximum absolute atomic E-state index is 6.00. The minimum absolute atomic E-state index is 0.153. The quantitative estimate of drug-likeness (QED) is 0.719. The lowest BCUT2D eigenvalue weighted by atomic mass is 10.1. The number of nitrogens with one attached hydrogen (secondary N) is 1. The van der Waals surface area contributed by atoms with Crippen molar-refractivity contribution < 1.29 is 0 Å². The number of pyridine rings is 1. The summed E-state index contributed by atoms with van der Waals surface area (Å²) in [6, 6.07) is 6.01. The summed E-state index contributed by atoms with van der Waals surface area (Å²) in [5.74, 6) is 0. The van der Waals surface area contributed by atoms with Crippen molar-refractivity contribution in [3.63, 3.8) is 0 Å². The molecular formula is C15H16N4S. The lowest BCUT2D eigenvalue weighted by Gasteiger charge is -2.15. The highest BCUT2D eigenvalue weighted by molar-refractivity contribution is 7.09. The van der Waals surface area contributed by atoms with Gasteiger partial charge in [0.2, 0.25) is 0 Å². The fourth-order valence-corrected chi connectivity index (χ4v) is 3.01. The number of thiazole rings is 1. The van der Waals surface area contributed by atoms with Crippen LogP contribution in [-0.4, -0.2) is 9.97 Å². The third-order valence-electron chi connectivity index (χ3n) is 3.23. The van der Waals surface area contributed by atoms with Crippen molar-refractivity contribution in [3.05, 3.63) is 46.7 Å². The maximum atomic E-state index is 6.00. The van der Waals surface area contributed by atoms with Crippen LogP contribution in [0.4, 0.5) is 11.4 Å². The first-order chi connectivity index (χ1) is 9.65. The van der Waals surface area contributed by atoms with Crippen molar-refractivity contribution in [1.29, 1.82) is 0 Å². The topological polar surface area (TPSA) is 63.8 Å². The number of fused-ring (bicyclic) bond motifs is 1. The molecule has 3 N–H and O–H groups in total. The van der Waals surface area contributed by atoms with Gasteiger partial charge in [0.1, 0.15) is 5.01 Å². The zero-order valence-corrected chi connectivity index (χ0v) is 12.2. The van der Waals surface area contributed by atoms with Crippen LogP contribution in [0.3, 0.4) is 0 Å². The molecule has 1 unspecified atom stereocenters. The third kappa shape index (κ3) is 2.32. The van der Waals surface area contributed by atoms with Gasteiger partial charge < -0.3 is 11.1 Å². The Morgan fingerprint density at radius 1 is 1.25 bits per heavy atom. The van der Waals surface area contributed by atoms with Gasteiger partial charge in [-0.2, -0.15) is 0 Å². The second kappa shape index (κ2) is 5.09. The second-order valence-electron chi connectivity index (χ2n) is 4.82. The van der Waals surface area contributed by atoms with Gasteiger partial charge in [0.05, 0.1) is 6.04 Å². The molecule has 0 bridgehead atoms. The van der Waals surface area contributed by atoms with Crippen LogP contribution in [0.1, 0.15) is 23.7 Å². The molecule has 2 aromatic heterocycles. The molecule has 0 fully saturated rings. The zero-order chi connectivity index (χ0) is 14.1. The monoisotopic (exact) mass is 284 g/mol. The molecule has 102 valence electrons. The molecule has 2 heterocycles. The Labute approximate surface area is 121 Å². The number of hydrogen-bond acceptors (Lipinski definition) is 5. The first-order valence-corrected chi connectivity index (χ1v) is 7.34. The summed E-state index contributed by atoms with van der Waals surface area (Å²) in [5, 5.41) is 8.70. The molecule has 4 nitrogen and oxygen atoms in total. The summed E-state index contributed by atoms with van der Waals surface area (Å²) in [6.07, 6.45) is 3.60. The summed E-state index contributed by atoms with van der Waals surface area (Å²) in [6.45, 7) is 4.12. The van der Waals surface area contributed by atoms with E-state index >= 15 is 0 Å². The van der Waals surface area contributed by atoms with E-state index in [0.717, 1.165) is 32.8 Å². The molecule has 0 saturated heterocycles. The summed E-state index contributed by atoms with van der Waals surface area (Å²) in [7, 11) is 0. The Hall–Kier alpha value is -2.14. The SMILES string of the molecule is Cc1csc(C(C)Nc2ccc(N)c3ccncc23)n1. The van der Waals surface area contributed by atoms with Crippen molar-refractivity contribution in [2.75, 3.05) is 11.1 Å². The van der Waals surface area contributed by atoms with Crippen molar-refractivity contribution >= 4 is 33.5 Å². The molecule has 0 spiro atoms. The normalized spacial score (nSPS) is 12.5. The Bertz CT molecular complexity index is 750. The number of nitrogens with zero attached hydrogens (tertiary/aromatic N) is 2. The summed E-state index contributed by atoms with van der Waals surface area (Å²) in [4.78, 5) is 8.71. The Morgan fingerprint density at radius 3 is 2.85 bits per heavy atom. The van der Waals surface area contributed by atoms with E-state index in [2.05, 4.69) is 27.6 Å². The summed E-state index contributed by atoms with van der Waals surface area (Å²) in [5.41, 5.74) is 8.86. The molecule has 0 aliphatic carbocycles. The van der Waals surface area contributed by atoms with Gasteiger partial charge in [-0.1, -0.05) is 0 Å². The Kier molecular flexibility index (Phi) is 3.28. The molecule has 3 aromatic rings. The van der Waals surface area contributed by atoms with Gasteiger partial charge >= 0.3 is 0 Å². The van der Waals surface area contributed by atoms with E-state index in [1.165, 1.54) is 0 Å². The fraction of sp³-hybridized carbons (Fsp3) is 0.200. The lowest BCUT2D eigenvalue weighted by molar-refractivity contribution is 0.866. The van der Waals surface area contributed by atoms with E-state index in [9.17, 15) is 0 Å². The van der Waals surface area contributed by atoms with Crippen molar-refractivity contribution in [1.82, 2.24) is 9.97 Å². The van der Waals surface area contributed by atoms with Gasteiger partial charge in [0.15, 0.2) is 0 Å². The van der Waals surface area contributed by atoms with Crippen LogP contribution in [0.5, 0.6) is 0 Å². The molecule has 1 aromatic carbocycles. The van der Waals surface area contributed by atoms with E-state index < -0.39 is 0 Å². The first kappa shape index (κ1) is 12.9. The number of nitrogens with two attached hydrogens (primary N) is 1. The fourth-order valence-electron chi connectivity index (χ4n) is 2.21. The number of nitrogen functional groups attached to an aromatic ring is 1. The van der Waals surface area contributed by atoms with Gasteiger partial charge in [-0.3, -0.25) is 4.98 Å². The van der Waals surface area contributed by atoms with E-state index in [0.29, 0.717) is 0 Å². The Balaban J connectivity index is 1.97. The second-order valence-corrected chi connectivity index (χ2v) is 5.71. The van der Waals surface area contributed by atoms with E-state index in [-0.39, 0.29) is 6.04 Å². The van der Waals surface area contributed by atoms with Crippen LogP contribution >= 0.6 is 11.3 Å². The largest absolute Gasteiger partial charge is 0.398 e. The molecule has 0 radical (unpaired) electrons. The van der Waals surface area contributed by atoms with Crippen LogP contribution in [0.15, 0.2) is 36.0 Å². The van der Waals surface area contributed by atoms with Crippen LogP contribution in [0.2, 0.25) is 0 Å². The molecule has 0 saturated carbocycles. The van der Waals surface area contributed by atoms with Crippen LogP contribution in [0.25, 0.3) is 10.8 Å². The first-order valence-electron chi connectivity index (χ1n) is 6.46. The highest BCUT2D eigenvalue weighted by Gasteiger charge is 2.11. The molecular weight excluding hydrogens is 268 g/mol. The molecule has 3 rings (SSSR count). The van der Waals surface area contributed by atoms with Gasteiger partial charge in [0.25, 0.3) is 0 Å². The number of rotatable bonds is 3. The van der Waals surface area contributed by atoms with Crippen molar-refractivity contribution in [3.8, 4) is 0 Å². The molecule has 0 amide bonds. The number of hydrogen-bond donors (Lipinski definition) is 2. The highest BCUT2D eigenvalue weighted by atomic mass is 32.1. The zero-order valence-electron chi connectivity index (χ0n) is 11.4. The summed E-state index contributed by atoms with van der Waals surface area (Å²) < 4.78 is 0. The maximum Gasteiger partial charge on any atom is 0.115 e. The standard InChI is InChI=1S/C15H16N4S/c1-9-8-20-15(18-9)10(2)19-14-4-3-13(16)11-5-6-17-7-12(11)14/h3-8,10,19H,16H2,1-2H3. The highest BCUT2D eigenvalue weighted by Crippen LogP contribution is 2.30. The Morgan fingerprint density at radius 2 is 2.10 bits per heavy atom. The number of benzene rings is 1. The number of aromatic nitrogens is 2. The average molecular weight is 284 g/mol. The van der Waals surface area contributed by atoms with Crippen LogP contribution < -0.4 is 11.1 Å². The van der Waals surface area contributed by atoms with Gasteiger partial charge in [-0.25, -0.2) is 4.98 Å². The number of aryl methyl sites for hydroxylation is 1. The molecule has 5 heteroatoms. The predicted octanol–water partition coefficient (Wildman–Crippen LogP) is 3.76. The van der Waals surface area contributed by atoms with Gasteiger partial charge in [0, 0.05) is 45.6 Å². The third-order valence-corrected chi connectivity index (χ3v) is 4.38. The minimum atomic E-state index is 0.153. The van der Waals surface area contributed by atoms with Gasteiger partial charge in [-0.15, -0.1) is 11.3 Å². The molecule has 1 atom stereocenters. The van der Waals surface area contributed by atoms with Crippen LogP contribution in [0, 0.1) is 6.92 Å². The lowest BCUT2D eigenvalue weighted by Crippen LogP contribution is -2.07. The van der Waals surface area contributed by atoms with E-state index in [1.54, 1.807) is 17.5 Å².